The van der Waals surface area contributed by atoms with Crippen LogP contribution in [0, 0.1) is 10.1 Å². The van der Waals surface area contributed by atoms with Crippen molar-refractivity contribution in [3.63, 3.8) is 0 Å². The molecular weight excluding hydrogens is 312 g/mol. The predicted octanol–water partition coefficient (Wildman–Crippen LogP) is 2.53. The van der Waals surface area contributed by atoms with Crippen molar-refractivity contribution >= 4 is 22.7 Å². The van der Waals surface area contributed by atoms with Crippen molar-refractivity contribution in [2.45, 2.75) is 0 Å². The minimum atomic E-state index is -0.459. The maximum absolute atomic E-state index is 10.1. The van der Waals surface area contributed by atoms with Crippen LogP contribution in [0.3, 0.4) is 0 Å². The number of nitro benzene ring substituents is 1. The number of nitrogens with zero attached hydrogens (tertiary/aromatic N) is 2. The molecule has 0 fully saturated rings. The fraction of sp³-hybridized carbons (Fsp3) is 0.250. The van der Waals surface area contributed by atoms with Gasteiger partial charge in [0.15, 0.2) is 0 Å². The Morgan fingerprint density at radius 2 is 1.54 bits per heavy atom. The number of hydrogen-bond acceptors (Lipinski definition) is 7. The molecule has 0 aromatic heterocycles. The van der Waals surface area contributed by atoms with E-state index in [1.807, 2.05) is 25.1 Å². The van der Waals surface area contributed by atoms with E-state index in [0.29, 0.717) is 17.1 Å². The number of benzene rings is 2. The third kappa shape index (κ3) is 4.94. The molecule has 0 spiro atoms. The molecular formula is C16H22N4O4. The number of anilines is 3. The van der Waals surface area contributed by atoms with E-state index in [4.69, 9.17) is 20.9 Å². The third-order valence-electron chi connectivity index (χ3n) is 3.12. The number of hydrogen-bond donors (Lipinski definition) is 2. The molecule has 8 heteroatoms. The second-order valence-corrected chi connectivity index (χ2v) is 5.01. The quantitative estimate of drug-likeness (QED) is 0.501. The number of ether oxygens (including phenoxy) is 2. The van der Waals surface area contributed by atoms with Gasteiger partial charge in [0, 0.05) is 44.0 Å². The van der Waals surface area contributed by atoms with Crippen LogP contribution in [0.2, 0.25) is 0 Å². The van der Waals surface area contributed by atoms with Crippen LogP contribution in [0.1, 0.15) is 0 Å². The molecule has 0 saturated carbocycles. The first-order valence-corrected chi connectivity index (χ1v) is 6.98. The number of nitrogen functional groups attached to an aromatic ring is 2. The summed E-state index contributed by atoms with van der Waals surface area (Å²) in [5, 5.41) is 10.1. The molecule has 0 heterocycles. The molecule has 0 amide bonds. The van der Waals surface area contributed by atoms with Gasteiger partial charge in [0.05, 0.1) is 30.5 Å². The molecule has 0 aliphatic heterocycles. The fourth-order valence-electron chi connectivity index (χ4n) is 1.85. The normalized spacial score (nSPS) is 9.50. The highest BCUT2D eigenvalue weighted by atomic mass is 16.6. The summed E-state index contributed by atoms with van der Waals surface area (Å²) in [4.78, 5) is 11.6. The summed E-state index contributed by atoms with van der Waals surface area (Å²) in [6, 6.07) is 9.35. The lowest BCUT2D eigenvalue weighted by Gasteiger charge is -2.18. The minimum Gasteiger partial charge on any atom is -0.495 e. The lowest BCUT2D eigenvalue weighted by atomic mass is 10.2. The molecule has 2 aromatic carbocycles. The van der Waals surface area contributed by atoms with E-state index in [1.54, 1.807) is 20.3 Å². The average Bonchev–Trinajstić information content (AvgIpc) is 2.55. The molecule has 0 unspecified atom stereocenters. The Morgan fingerprint density at radius 3 is 1.96 bits per heavy atom. The van der Waals surface area contributed by atoms with Crippen LogP contribution in [0.5, 0.6) is 11.5 Å². The van der Waals surface area contributed by atoms with Gasteiger partial charge >= 0.3 is 0 Å². The van der Waals surface area contributed by atoms with Gasteiger partial charge in [-0.25, -0.2) is 0 Å². The lowest BCUT2D eigenvalue weighted by molar-refractivity contribution is -0.384. The van der Waals surface area contributed by atoms with Crippen LogP contribution in [0.25, 0.3) is 0 Å². The Bertz CT molecular complexity index is 687. The Hall–Kier alpha value is -3.16. The highest BCUT2D eigenvalue weighted by Gasteiger charge is 2.10. The number of rotatable bonds is 4. The van der Waals surface area contributed by atoms with Gasteiger partial charge in [-0.1, -0.05) is 0 Å². The molecule has 0 atom stereocenters. The van der Waals surface area contributed by atoms with Gasteiger partial charge in [0.25, 0.3) is 5.69 Å². The standard InChI is InChI=1S/C10H16N2O2.C6H6N2O2/c1-12(2)8-6-9(13-3)7(11)5-10(8)14-4;7-5-1-3-6(4-2-5)8(9)10/h5-6H,11H2,1-4H3;1-4H,7H2. The average molecular weight is 334 g/mol. The first kappa shape index (κ1) is 18.9. The van der Waals surface area contributed by atoms with Crippen molar-refractivity contribution in [3.05, 3.63) is 46.5 Å². The van der Waals surface area contributed by atoms with Gasteiger partial charge in [-0.2, -0.15) is 0 Å². The van der Waals surface area contributed by atoms with Gasteiger partial charge in [0.1, 0.15) is 11.5 Å². The predicted molar refractivity (Wildman–Crippen MR) is 95.8 cm³/mol. The molecule has 0 aliphatic carbocycles. The summed E-state index contributed by atoms with van der Waals surface area (Å²) in [6.45, 7) is 0. The second kappa shape index (κ2) is 8.47. The maximum Gasteiger partial charge on any atom is 0.269 e. The van der Waals surface area contributed by atoms with Crippen molar-refractivity contribution in [2.24, 2.45) is 0 Å². The zero-order valence-corrected chi connectivity index (χ0v) is 14.1. The van der Waals surface area contributed by atoms with Gasteiger partial charge < -0.3 is 25.8 Å². The van der Waals surface area contributed by atoms with Crippen LogP contribution in [-0.4, -0.2) is 33.2 Å². The van der Waals surface area contributed by atoms with Crippen LogP contribution in [0.15, 0.2) is 36.4 Å². The molecule has 2 rings (SSSR count). The molecule has 4 N–H and O–H groups in total. The number of non-ortho nitro benzene ring substituents is 1. The second-order valence-electron chi connectivity index (χ2n) is 5.01. The van der Waals surface area contributed by atoms with Crippen molar-refractivity contribution in [1.82, 2.24) is 0 Å². The number of methoxy groups -OCH3 is 2. The molecule has 8 nitrogen and oxygen atoms in total. The fourth-order valence-corrected chi connectivity index (χ4v) is 1.85. The van der Waals surface area contributed by atoms with E-state index in [0.717, 1.165) is 11.4 Å². The van der Waals surface area contributed by atoms with Gasteiger partial charge in [0.2, 0.25) is 0 Å². The number of nitro groups is 1. The zero-order valence-electron chi connectivity index (χ0n) is 14.1. The Balaban J connectivity index is 0.000000254. The SMILES string of the molecule is COc1cc(N(C)C)c(OC)cc1N.Nc1ccc([N+](=O)[O-])cc1. The van der Waals surface area contributed by atoms with Crippen molar-refractivity contribution < 1.29 is 14.4 Å². The van der Waals surface area contributed by atoms with Crippen LogP contribution in [0.4, 0.5) is 22.7 Å². The van der Waals surface area contributed by atoms with E-state index in [1.165, 1.54) is 24.3 Å². The van der Waals surface area contributed by atoms with E-state index in [9.17, 15) is 10.1 Å². The van der Waals surface area contributed by atoms with Gasteiger partial charge in [-0.15, -0.1) is 0 Å². The molecule has 0 bridgehead atoms. The summed E-state index contributed by atoms with van der Waals surface area (Å²) in [5.41, 5.74) is 13.2. The maximum atomic E-state index is 10.1. The summed E-state index contributed by atoms with van der Waals surface area (Å²) in [7, 11) is 7.09. The van der Waals surface area contributed by atoms with Crippen LogP contribution < -0.4 is 25.8 Å². The van der Waals surface area contributed by atoms with Crippen LogP contribution >= 0.6 is 0 Å². The topological polar surface area (TPSA) is 117 Å². The number of nitrogens with two attached hydrogens (primary N) is 2. The van der Waals surface area contributed by atoms with Gasteiger partial charge in [-0.3, -0.25) is 10.1 Å². The molecule has 2 aromatic rings. The Kier molecular flexibility index (Phi) is 6.66. The smallest absolute Gasteiger partial charge is 0.269 e. The van der Waals surface area contributed by atoms with E-state index in [2.05, 4.69) is 0 Å². The lowest BCUT2D eigenvalue weighted by Crippen LogP contribution is -2.10. The molecule has 0 aliphatic rings. The third-order valence-corrected chi connectivity index (χ3v) is 3.12. The zero-order chi connectivity index (χ0) is 18.3. The van der Waals surface area contributed by atoms with E-state index < -0.39 is 4.92 Å². The van der Waals surface area contributed by atoms with E-state index in [-0.39, 0.29) is 5.69 Å². The summed E-state index contributed by atoms with van der Waals surface area (Å²) in [6.07, 6.45) is 0. The van der Waals surface area contributed by atoms with Gasteiger partial charge in [-0.05, 0) is 12.1 Å². The summed E-state index contributed by atoms with van der Waals surface area (Å²) in [5.74, 6) is 1.41. The summed E-state index contributed by atoms with van der Waals surface area (Å²) >= 11 is 0. The molecule has 130 valence electrons. The monoisotopic (exact) mass is 334 g/mol. The summed E-state index contributed by atoms with van der Waals surface area (Å²) < 4.78 is 10.3. The Labute approximate surface area is 140 Å². The minimum absolute atomic E-state index is 0.0641. The molecule has 24 heavy (non-hydrogen) atoms. The van der Waals surface area contributed by atoms with Crippen LogP contribution in [-0.2, 0) is 0 Å². The van der Waals surface area contributed by atoms with Crippen molar-refractivity contribution in [1.29, 1.82) is 0 Å². The first-order chi connectivity index (χ1) is 11.3. The van der Waals surface area contributed by atoms with Crippen molar-refractivity contribution in [3.8, 4) is 11.5 Å². The van der Waals surface area contributed by atoms with E-state index >= 15 is 0 Å². The Morgan fingerprint density at radius 1 is 1.00 bits per heavy atom. The molecule has 0 saturated heterocycles. The first-order valence-electron chi connectivity index (χ1n) is 6.98. The molecule has 0 radical (unpaired) electrons. The highest BCUT2D eigenvalue weighted by molar-refractivity contribution is 5.69. The van der Waals surface area contributed by atoms with Crippen molar-refractivity contribution in [2.75, 3.05) is 44.7 Å². The largest absolute Gasteiger partial charge is 0.495 e. The highest BCUT2D eigenvalue weighted by Crippen LogP contribution is 2.35.